The summed E-state index contributed by atoms with van der Waals surface area (Å²) in [7, 11) is 0. The Hall–Kier alpha value is -3.05. The van der Waals surface area contributed by atoms with E-state index in [0.717, 1.165) is 21.9 Å². The van der Waals surface area contributed by atoms with Gasteiger partial charge in [0, 0.05) is 33.1 Å². The first-order chi connectivity index (χ1) is 16.1. The number of anilines is 1. The summed E-state index contributed by atoms with van der Waals surface area (Å²) in [6, 6.07) is 11.0. The van der Waals surface area contributed by atoms with Crippen LogP contribution in [-0.2, 0) is 16.4 Å². The van der Waals surface area contributed by atoms with E-state index in [1.807, 2.05) is 26.0 Å². The average molecular weight is 500 g/mol. The van der Waals surface area contributed by atoms with Crippen molar-refractivity contribution in [3.8, 4) is 6.07 Å². The van der Waals surface area contributed by atoms with Crippen molar-refractivity contribution in [1.82, 2.24) is 0 Å². The Morgan fingerprint density at radius 2 is 1.83 bits per heavy atom. The summed E-state index contributed by atoms with van der Waals surface area (Å²) in [5, 5.41) is 10.2. The Morgan fingerprint density at radius 1 is 1.14 bits per heavy atom. The molecule has 0 amide bonds. The fourth-order valence-electron chi connectivity index (χ4n) is 4.82. The summed E-state index contributed by atoms with van der Waals surface area (Å²) in [6.07, 6.45) is -3.81. The quantitative estimate of drug-likeness (QED) is 0.483. The Balaban J connectivity index is 1.97. The Kier molecular flexibility index (Phi) is 5.92. The molecule has 0 spiro atoms. The van der Waals surface area contributed by atoms with Crippen molar-refractivity contribution in [1.29, 1.82) is 5.26 Å². The van der Waals surface area contributed by atoms with Crippen molar-refractivity contribution >= 4 is 22.8 Å². The number of nitriles is 1. The SMILES string of the molecule is CC1(C)CC(=O)C2=C(C1)N(c1cccc(C(F)(F)F)c1)C(N)=C(C#N)[C@@H]2c1ccc(C(C)(C)C)s1. The molecule has 8 heteroatoms. The van der Waals surface area contributed by atoms with E-state index in [4.69, 9.17) is 5.73 Å². The van der Waals surface area contributed by atoms with Gasteiger partial charge in [-0.15, -0.1) is 11.3 Å². The van der Waals surface area contributed by atoms with Crippen LogP contribution in [0.1, 0.15) is 68.7 Å². The van der Waals surface area contributed by atoms with Crippen LogP contribution in [0.3, 0.4) is 0 Å². The number of thiophene rings is 1. The molecule has 35 heavy (non-hydrogen) atoms. The average Bonchev–Trinajstić information content (AvgIpc) is 3.22. The molecule has 184 valence electrons. The van der Waals surface area contributed by atoms with Crippen LogP contribution in [0.5, 0.6) is 0 Å². The van der Waals surface area contributed by atoms with Gasteiger partial charge in [0.05, 0.1) is 23.1 Å². The third-order valence-electron chi connectivity index (χ3n) is 6.46. The maximum absolute atomic E-state index is 13.6. The maximum Gasteiger partial charge on any atom is 0.416 e. The zero-order valence-electron chi connectivity index (χ0n) is 20.4. The van der Waals surface area contributed by atoms with Gasteiger partial charge in [0.15, 0.2) is 5.78 Å². The van der Waals surface area contributed by atoms with Gasteiger partial charge in [-0.1, -0.05) is 40.7 Å². The van der Waals surface area contributed by atoms with E-state index < -0.39 is 23.1 Å². The van der Waals surface area contributed by atoms with Gasteiger partial charge in [-0.2, -0.15) is 18.4 Å². The molecule has 0 radical (unpaired) electrons. The number of benzene rings is 1. The minimum absolute atomic E-state index is 0.0618. The standard InChI is InChI=1S/C27H28F3N3OS/c1-25(2,3)21-10-9-20(35-21)22-17(14-31)24(32)33(16-8-6-7-15(11-16)27(28,29)30)18-12-26(4,5)13-19(34)23(18)22/h6-11,22H,12-13,32H2,1-5H3/t22-/m1/s1. The minimum Gasteiger partial charge on any atom is -0.384 e. The topological polar surface area (TPSA) is 70.1 Å². The Bertz CT molecular complexity index is 1300. The minimum atomic E-state index is -4.54. The second kappa shape index (κ2) is 8.27. The highest BCUT2D eigenvalue weighted by molar-refractivity contribution is 7.12. The Morgan fingerprint density at radius 3 is 2.40 bits per heavy atom. The van der Waals surface area contributed by atoms with E-state index in [1.165, 1.54) is 28.4 Å². The van der Waals surface area contributed by atoms with Crippen LogP contribution in [0.2, 0.25) is 0 Å². The number of carbonyl (C=O) groups is 1. The third-order valence-corrected chi connectivity index (χ3v) is 8.04. The molecule has 1 aromatic carbocycles. The Labute approximate surface area is 207 Å². The first-order valence-corrected chi connectivity index (χ1v) is 12.2. The molecule has 2 aromatic rings. The van der Waals surface area contributed by atoms with Gasteiger partial charge in [0.1, 0.15) is 5.82 Å². The molecular weight excluding hydrogens is 471 g/mol. The van der Waals surface area contributed by atoms with E-state index in [-0.39, 0.29) is 34.7 Å². The number of halogens is 3. The first kappa shape index (κ1) is 25.1. The molecule has 1 atom stereocenters. The van der Waals surface area contributed by atoms with Crippen molar-refractivity contribution in [3.63, 3.8) is 0 Å². The van der Waals surface area contributed by atoms with Crippen molar-refractivity contribution in [3.05, 3.63) is 74.4 Å². The molecule has 0 bridgehead atoms. The lowest BCUT2D eigenvalue weighted by molar-refractivity contribution is -0.137. The van der Waals surface area contributed by atoms with E-state index in [1.54, 1.807) is 0 Å². The van der Waals surface area contributed by atoms with Crippen LogP contribution < -0.4 is 10.6 Å². The van der Waals surface area contributed by atoms with E-state index in [2.05, 4.69) is 26.8 Å². The highest BCUT2D eigenvalue weighted by Crippen LogP contribution is 2.52. The zero-order valence-corrected chi connectivity index (χ0v) is 21.2. The molecule has 2 aliphatic rings. The van der Waals surface area contributed by atoms with Crippen molar-refractivity contribution in [2.75, 3.05) is 4.90 Å². The molecule has 0 fully saturated rings. The normalized spacial score (nSPS) is 20.7. The van der Waals surface area contributed by atoms with Crippen molar-refractivity contribution in [2.24, 2.45) is 11.1 Å². The smallest absolute Gasteiger partial charge is 0.384 e. The number of hydrogen-bond donors (Lipinski definition) is 1. The molecule has 1 aromatic heterocycles. The number of nitrogens with zero attached hydrogens (tertiary/aromatic N) is 2. The fraction of sp³-hybridized carbons (Fsp3) is 0.407. The van der Waals surface area contributed by atoms with Crippen LogP contribution in [0.15, 0.2) is 59.1 Å². The molecule has 4 rings (SSSR count). The van der Waals surface area contributed by atoms with E-state index in [0.29, 0.717) is 17.7 Å². The van der Waals surface area contributed by atoms with E-state index >= 15 is 0 Å². The highest BCUT2D eigenvalue weighted by atomic mass is 32.1. The molecule has 0 saturated heterocycles. The molecule has 2 heterocycles. The lowest BCUT2D eigenvalue weighted by Crippen LogP contribution is -2.42. The summed E-state index contributed by atoms with van der Waals surface area (Å²) >= 11 is 1.53. The predicted octanol–water partition coefficient (Wildman–Crippen LogP) is 7.01. The second-order valence-electron chi connectivity index (χ2n) is 11.0. The van der Waals surface area contributed by atoms with Crippen LogP contribution in [-0.4, -0.2) is 5.78 Å². The third kappa shape index (κ3) is 4.50. The summed E-state index contributed by atoms with van der Waals surface area (Å²) in [4.78, 5) is 17.0. The molecule has 1 aliphatic heterocycles. The van der Waals surface area contributed by atoms with Gasteiger partial charge in [-0.3, -0.25) is 9.69 Å². The van der Waals surface area contributed by atoms with Gasteiger partial charge in [-0.05, 0) is 47.6 Å². The van der Waals surface area contributed by atoms with Gasteiger partial charge >= 0.3 is 6.18 Å². The maximum atomic E-state index is 13.6. The number of allylic oxidation sites excluding steroid dienone is 3. The first-order valence-electron chi connectivity index (χ1n) is 11.4. The summed E-state index contributed by atoms with van der Waals surface area (Å²) in [5.41, 5.74) is 6.59. The van der Waals surface area contributed by atoms with Crippen LogP contribution >= 0.6 is 11.3 Å². The molecule has 0 saturated carbocycles. The summed E-state index contributed by atoms with van der Waals surface area (Å²) in [5.74, 6) is -0.683. The second-order valence-corrected chi connectivity index (χ2v) is 12.1. The molecule has 2 N–H and O–H groups in total. The van der Waals surface area contributed by atoms with Crippen LogP contribution in [0.25, 0.3) is 0 Å². The molecule has 0 unspecified atom stereocenters. The monoisotopic (exact) mass is 499 g/mol. The number of ketones is 1. The van der Waals surface area contributed by atoms with Gasteiger partial charge < -0.3 is 5.73 Å². The summed E-state index contributed by atoms with van der Waals surface area (Å²) < 4.78 is 40.5. The molecular formula is C27H28F3N3OS. The number of hydrogen-bond acceptors (Lipinski definition) is 5. The number of nitrogens with two attached hydrogens (primary N) is 1. The molecule has 1 aliphatic carbocycles. The number of alkyl halides is 3. The van der Waals surface area contributed by atoms with Gasteiger partial charge in [0.2, 0.25) is 0 Å². The predicted molar refractivity (Wildman–Crippen MR) is 132 cm³/mol. The lowest BCUT2D eigenvalue weighted by atomic mass is 9.69. The van der Waals surface area contributed by atoms with Gasteiger partial charge in [0.25, 0.3) is 0 Å². The van der Waals surface area contributed by atoms with E-state index in [9.17, 15) is 23.2 Å². The number of carbonyl (C=O) groups excluding carboxylic acids is 1. The molecule has 4 nitrogen and oxygen atoms in total. The van der Waals surface area contributed by atoms with Crippen molar-refractivity contribution < 1.29 is 18.0 Å². The fourth-order valence-corrected chi connectivity index (χ4v) is 6.01. The largest absolute Gasteiger partial charge is 0.416 e. The highest BCUT2D eigenvalue weighted by Gasteiger charge is 2.45. The van der Waals surface area contributed by atoms with Gasteiger partial charge in [-0.25, -0.2) is 0 Å². The lowest BCUT2D eigenvalue weighted by Gasteiger charge is -2.43. The zero-order chi connectivity index (χ0) is 25.9. The number of Topliss-reactive ketones (excluding diaryl/α,β-unsaturated/α-hetero) is 1. The summed E-state index contributed by atoms with van der Waals surface area (Å²) in [6.45, 7) is 10.2. The van der Waals surface area contributed by atoms with Crippen LogP contribution in [0, 0.1) is 16.7 Å². The number of rotatable bonds is 2. The van der Waals surface area contributed by atoms with Crippen molar-refractivity contribution in [2.45, 2.75) is 65.0 Å². The van der Waals surface area contributed by atoms with Crippen LogP contribution in [0.4, 0.5) is 18.9 Å².